The molecule has 0 aromatic rings. The first-order valence-electron chi connectivity index (χ1n) is 39.5. The Morgan fingerprint density at radius 3 is 0.800 bits per heavy atom. The minimum absolute atomic E-state index is 0.0249. The van der Waals surface area contributed by atoms with Crippen molar-refractivity contribution in [3.05, 3.63) is 12.2 Å². The van der Waals surface area contributed by atoms with Gasteiger partial charge in [0, 0.05) is 12.8 Å². The molecule has 2 atom stereocenters. The van der Waals surface area contributed by atoms with E-state index in [1.54, 1.807) is 6.08 Å². The number of nitrogens with one attached hydrogen (secondary N) is 1. The summed E-state index contributed by atoms with van der Waals surface area (Å²) in [6, 6.07) is -0.623. The van der Waals surface area contributed by atoms with Crippen molar-refractivity contribution in [2.45, 2.75) is 469 Å². The van der Waals surface area contributed by atoms with E-state index in [0.717, 1.165) is 38.5 Å². The van der Waals surface area contributed by atoms with Gasteiger partial charge >= 0.3 is 5.97 Å². The summed E-state index contributed by atoms with van der Waals surface area (Å²) in [5.41, 5.74) is 0. The minimum Gasteiger partial charge on any atom is -0.466 e. The van der Waals surface area contributed by atoms with Crippen molar-refractivity contribution in [1.82, 2.24) is 5.32 Å². The van der Waals surface area contributed by atoms with Gasteiger partial charge in [0.15, 0.2) is 0 Å². The van der Waals surface area contributed by atoms with Crippen LogP contribution in [0.2, 0.25) is 0 Å². The van der Waals surface area contributed by atoms with Crippen LogP contribution in [0.25, 0.3) is 0 Å². The smallest absolute Gasteiger partial charge is 0.305 e. The van der Waals surface area contributed by atoms with Crippen LogP contribution < -0.4 is 5.32 Å². The SMILES string of the molecule is CCCCCCCCCCCCCCCCCCC/C=C/C(O)C(CO)NC(=O)CCCCCCCCCCCCCCCCCCCCCCCCCCCCCCCCCCCCCCCOC(=O)CCCCCCCCCCCCCC. The van der Waals surface area contributed by atoms with Gasteiger partial charge in [-0.15, -0.1) is 0 Å². The first-order chi connectivity index (χ1) is 42.0. The van der Waals surface area contributed by atoms with Gasteiger partial charge in [0.05, 0.1) is 25.4 Å². The third-order valence-electron chi connectivity index (χ3n) is 18.8. The van der Waals surface area contributed by atoms with Gasteiger partial charge in [0.25, 0.3) is 0 Å². The number of carbonyl (C=O) groups is 2. The van der Waals surface area contributed by atoms with Crippen molar-refractivity contribution < 1.29 is 24.5 Å². The summed E-state index contributed by atoms with van der Waals surface area (Å²) < 4.78 is 5.49. The lowest BCUT2D eigenvalue weighted by Crippen LogP contribution is -2.45. The number of ether oxygens (including phenoxy) is 1. The highest BCUT2D eigenvalue weighted by Gasteiger charge is 2.18. The van der Waals surface area contributed by atoms with Gasteiger partial charge < -0.3 is 20.3 Å². The second kappa shape index (κ2) is 75.1. The van der Waals surface area contributed by atoms with Crippen molar-refractivity contribution in [2.75, 3.05) is 13.2 Å². The predicted octanol–water partition coefficient (Wildman–Crippen LogP) is 25.9. The largest absolute Gasteiger partial charge is 0.466 e. The number of amides is 1. The third kappa shape index (κ3) is 71.6. The molecule has 0 fully saturated rings. The quantitative estimate of drug-likeness (QED) is 0.0320. The van der Waals surface area contributed by atoms with Gasteiger partial charge in [-0.3, -0.25) is 9.59 Å². The topological polar surface area (TPSA) is 95.9 Å². The Bertz CT molecular complexity index is 1290. The van der Waals surface area contributed by atoms with Crippen molar-refractivity contribution in [3.63, 3.8) is 0 Å². The summed E-state index contributed by atoms with van der Waals surface area (Å²) in [7, 11) is 0. The van der Waals surface area contributed by atoms with E-state index < -0.39 is 12.1 Å². The van der Waals surface area contributed by atoms with E-state index in [-0.39, 0.29) is 18.5 Å². The number of aliphatic hydroxyl groups excluding tert-OH is 2. The maximum Gasteiger partial charge on any atom is 0.305 e. The van der Waals surface area contributed by atoms with E-state index in [9.17, 15) is 19.8 Å². The van der Waals surface area contributed by atoms with Gasteiger partial charge in [0.2, 0.25) is 5.91 Å². The normalized spacial score (nSPS) is 12.5. The van der Waals surface area contributed by atoms with Crippen LogP contribution >= 0.6 is 0 Å². The highest BCUT2D eigenvalue weighted by atomic mass is 16.5. The van der Waals surface area contributed by atoms with E-state index >= 15 is 0 Å². The fourth-order valence-electron chi connectivity index (χ4n) is 12.8. The Labute approximate surface area is 533 Å². The van der Waals surface area contributed by atoms with Crippen molar-refractivity contribution >= 4 is 11.9 Å². The zero-order valence-electron chi connectivity index (χ0n) is 58.1. The Morgan fingerprint density at radius 1 is 0.318 bits per heavy atom. The summed E-state index contributed by atoms with van der Waals surface area (Å²) in [5, 5.41) is 23.3. The van der Waals surface area contributed by atoms with Crippen LogP contribution in [0.15, 0.2) is 12.2 Å². The molecule has 0 aromatic heterocycles. The molecule has 0 bridgehead atoms. The number of aliphatic hydroxyl groups is 2. The first-order valence-corrected chi connectivity index (χ1v) is 39.5. The molecule has 0 saturated carbocycles. The van der Waals surface area contributed by atoms with Gasteiger partial charge in [-0.1, -0.05) is 424 Å². The molecule has 506 valence electrons. The highest BCUT2D eigenvalue weighted by molar-refractivity contribution is 5.76. The molecule has 0 heterocycles. The Morgan fingerprint density at radius 2 is 0.541 bits per heavy atom. The zero-order valence-corrected chi connectivity index (χ0v) is 58.1. The summed E-state index contributed by atoms with van der Waals surface area (Å²) in [6.45, 7) is 4.96. The monoisotopic (exact) mass is 1200 g/mol. The van der Waals surface area contributed by atoms with Crippen LogP contribution in [0.5, 0.6) is 0 Å². The molecule has 0 spiro atoms. The third-order valence-corrected chi connectivity index (χ3v) is 18.8. The number of esters is 1. The second-order valence-corrected chi connectivity index (χ2v) is 27.4. The standard InChI is InChI=1S/C79H155NO5/c1-3-5-7-9-11-13-15-17-18-19-39-42-45-48-51-55-59-63-67-71-77(82)76(75-81)80-78(83)72-68-64-60-56-52-49-46-43-40-37-35-33-31-29-27-25-23-21-20-22-24-26-28-30-32-34-36-38-41-44-47-50-54-58-62-66-70-74-85-79(84)73-69-65-61-57-53-16-14-12-10-8-6-4-2/h67,71,76-77,81-82H,3-66,68-70,72-75H2,1-2H3,(H,80,83)/b71-67+. The fourth-order valence-corrected chi connectivity index (χ4v) is 12.8. The predicted molar refractivity (Wildman–Crippen MR) is 375 cm³/mol. The van der Waals surface area contributed by atoms with E-state index in [2.05, 4.69) is 19.2 Å². The number of allylic oxidation sites excluding steroid dienone is 1. The van der Waals surface area contributed by atoms with Crippen LogP contribution in [0.3, 0.4) is 0 Å². The lowest BCUT2D eigenvalue weighted by molar-refractivity contribution is -0.143. The van der Waals surface area contributed by atoms with Crippen molar-refractivity contribution in [3.8, 4) is 0 Å². The first kappa shape index (κ1) is 83.6. The molecule has 0 aliphatic rings. The van der Waals surface area contributed by atoms with Crippen LogP contribution in [0.4, 0.5) is 0 Å². The molecule has 0 aliphatic carbocycles. The molecule has 0 saturated heterocycles. The lowest BCUT2D eigenvalue weighted by atomic mass is 10.0. The highest BCUT2D eigenvalue weighted by Crippen LogP contribution is 2.20. The number of carbonyl (C=O) groups excluding carboxylic acids is 2. The molecule has 0 aliphatic heterocycles. The molecular weight excluding hydrogens is 1040 g/mol. The molecular formula is C79H155NO5. The molecule has 85 heavy (non-hydrogen) atoms. The molecule has 2 unspecified atom stereocenters. The Kier molecular flexibility index (Phi) is 73.8. The van der Waals surface area contributed by atoms with Crippen LogP contribution in [-0.4, -0.2) is 47.4 Å². The van der Waals surface area contributed by atoms with E-state index in [1.807, 2.05) is 6.08 Å². The lowest BCUT2D eigenvalue weighted by Gasteiger charge is -2.20. The van der Waals surface area contributed by atoms with Gasteiger partial charge in [-0.05, 0) is 32.1 Å². The Balaban J connectivity index is 3.31. The van der Waals surface area contributed by atoms with Gasteiger partial charge in [-0.2, -0.15) is 0 Å². The van der Waals surface area contributed by atoms with Gasteiger partial charge in [0.1, 0.15) is 0 Å². The summed E-state index contributed by atoms with van der Waals surface area (Å²) in [4.78, 5) is 24.6. The average molecular weight is 1200 g/mol. The van der Waals surface area contributed by atoms with E-state index in [4.69, 9.17) is 4.74 Å². The maximum absolute atomic E-state index is 12.5. The van der Waals surface area contributed by atoms with Gasteiger partial charge in [-0.25, -0.2) is 0 Å². The zero-order chi connectivity index (χ0) is 61.3. The molecule has 6 heteroatoms. The summed E-state index contributed by atoms with van der Waals surface area (Å²) >= 11 is 0. The van der Waals surface area contributed by atoms with Crippen LogP contribution in [0.1, 0.15) is 457 Å². The van der Waals surface area contributed by atoms with Crippen LogP contribution in [-0.2, 0) is 14.3 Å². The second-order valence-electron chi connectivity index (χ2n) is 27.4. The van der Waals surface area contributed by atoms with Crippen molar-refractivity contribution in [1.29, 1.82) is 0 Å². The van der Waals surface area contributed by atoms with E-state index in [1.165, 1.54) is 392 Å². The van der Waals surface area contributed by atoms with Crippen LogP contribution in [0, 0.1) is 0 Å². The molecule has 3 N–H and O–H groups in total. The van der Waals surface area contributed by atoms with E-state index in [0.29, 0.717) is 19.4 Å². The molecule has 0 radical (unpaired) electrons. The summed E-state index contributed by atoms with van der Waals surface area (Å²) in [5.74, 6) is -0.0326. The average Bonchev–Trinajstić information content (AvgIpc) is 3.53. The Hall–Kier alpha value is -1.40. The summed E-state index contributed by atoms with van der Waals surface area (Å²) in [6.07, 6.45) is 94.9. The number of hydrogen-bond acceptors (Lipinski definition) is 5. The minimum atomic E-state index is -0.840. The molecule has 6 nitrogen and oxygen atoms in total. The fraction of sp³-hybridized carbons (Fsp3) is 0.949. The number of unbranched alkanes of at least 4 members (excludes halogenated alkanes) is 64. The molecule has 0 aromatic carbocycles. The number of rotatable bonds is 75. The van der Waals surface area contributed by atoms with Crippen molar-refractivity contribution in [2.24, 2.45) is 0 Å². The maximum atomic E-state index is 12.5. The molecule has 0 rings (SSSR count). The molecule has 1 amide bonds. The number of hydrogen-bond donors (Lipinski definition) is 3.